The number of halogens is 1. The predicted octanol–water partition coefficient (Wildman–Crippen LogP) is 3.23. The Kier molecular flexibility index (Phi) is 4.58. The summed E-state index contributed by atoms with van der Waals surface area (Å²) in [5.41, 5.74) is 2.25. The van der Waals surface area contributed by atoms with Crippen molar-refractivity contribution in [2.75, 3.05) is 12.4 Å². The van der Waals surface area contributed by atoms with Crippen LogP contribution in [-0.2, 0) is 11.2 Å². The summed E-state index contributed by atoms with van der Waals surface area (Å²) < 4.78 is 5.13. The standard InChI is InChI=1S/C15H15ClN2O2/c1-10-13(6-7-14(16)17-10)18-15(19)9-11-4-3-5-12(8-11)20-2/h3-8H,9H2,1-2H3,(H,18,19). The molecule has 0 saturated carbocycles. The molecule has 0 saturated heterocycles. The van der Waals surface area contributed by atoms with Gasteiger partial charge < -0.3 is 10.1 Å². The minimum Gasteiger partial charge on any atom is -0.497 e. The summed E-state index contributed by atoms with van der Waals surface area (Å²) in [5, 5.41) is 3.23. The van der Waals surface area contributed by atoms with Crippen LogP contribution >= 0.6 is 11.6 Å². The van der Waals surface area contributed by atoms with Crippen molar-refractivity contribution in [1.29, 1.82) is 0 Å². The SMILES string of the molecule is COc1cccc(CC(=O)Nc2ccc(Cl)nc2C)c1. The van der Waals surface area contributed by atoms with E-state index in [-0.39, 0.29) is 12.3 Å². The summed E-state index contributed by atoms with van der Waals surface area (Å²) in [5.74, 6) is 0.630. The summed E-state index contributed by atoms with van der Waals surface area (Å²) in [7, 11) is 1.60. The van der Waals surface area contributed by atoms with Gasteiger partial charge in [-0.1, -0.05) is 23.7 Å². The summed E-state index contributed by atoms with van der Waals surface area (Å²) in [4.78, 5) is 16.1. The molecule has 0 bridgehead atoms. The number of nitrogens with one attached hydrogen (secondary N) is 1. The first-order valence-corrected chi connectivity index (χ1v) is 6.52. The van der Waals surface area contributed by atoms with Crippen LogP contribution in [0.3, 0.4) is 0 Å². The fourth-order valence-electron chi connectivity index (χ4n) is 1.82. The number of benzene rings is 1. The minimum atomic E-state index is -0.106. The molecule has 4 nitrogen and oxygen atoms in total. The topological polar surface area (TPSA) is 51.2 Å². The maximum Gasteiger partial charge on any atom is 0.228 e. The number of methoxy groups -OCH3 is 1. The highest BCUT2D eigenvalue weighted by molar-refractivity contribution is 6.29. The van der Waals surface area contributed by atoms with E-state index in [0.29, 0.717) is 16.5 Å². The van der Waals surface area contributed by atoms with E-state index in [1.807, 2.05) is 24.3 Å². The van der Waals surface area contributed by atoms with Crippen LogP contribution in [0.2, 0.25) is 5.15 Å². The maximum atomic E-state index is 12.0. The van der Waals surface area contributed by atoms with E-state index < -0.39 is 0 Å². The predicted molar refractivity (Wildman–Crippen MR) is 79.3 cm³/mol. The zero-order valence-corrected chi connectivity index (χ0v) is 12.1. The van der Waals surface area contributed by atoms with Crippen molar-refractivity contribution in [3.63, 3.8) is 0 Å². The minimum absolute atomic E-state index is 0.106. The number of ether oxygens (including phenoxy) is 1. The molecule has 1 aromatic carbocycles. The van der Waals surface area contributed by atoms with Crippen LogP contribution in [-0.4, -0.2) is 18.0 Å². The number of rotatable bonds is 4. The van der Waals surface area contributed by atoms with Gasteiger partial charge >= 0.3 is 0 Å². The van der Waals surface area contributed by atoms with Gasteiger partial charge in [0.05, 0.1) is 24.9 Å². The lowest BCUT2D eigenvalue weighted by Gasteiger charge is -2.08. The van der Waals surface area contributed by atoms with E-state index >= 15 is 0 Å². The maximum absolute atomic E-state index is 12.0. The lowest BCUT2D eigenvalue weighted by atomic mass is 10.1. The number of carbonyl (C=O) groups excluding carboxylic acids is 1. The van der Waals surface area contributed by atoms with Gasteiger partial charge in [-0.05, 0) is 36.8 Å². The van der Waals surface area contributed by atoms with Crippen molar-refractivity contribution in [2.24, 2.45) is 0 Å². The van der Waals surface area contributed by atoms with Gasteiger partial charge in [0, 0.05) is 0 Å². The van der Waals surface area contributed by atoms with Crippen molar-refractivity contribution in [3.05, 3.63) is 52.8 Å². The molecule has 104 valence electrons. The highest BCUT2D eigenvalue weighted by Gasteiger charge is 2.07. The number of pyridine rings is 1. The molecule has 0 unspecified atom stereocenters. The first kappa shape index (κ1) is 14.3. The van der Waals surface area contributed by atoms with Crippen LogP contribution in [0, 0.1) is 6.92 Å². The molecule has 1 N–H and O–H groups in total. The van der Waals surface area contributed by atoms with E-state index in [1.54, 1.807) is 26.2 Å². The van der Waals surface area contributed by atoms with Gasteiger partial charge in [0.25, 0.3) is 0 Å². The van der Waals surface area contributed by atoms with E-state index in [9.17, 15) is 4.79 Å². The van der Waals surface area contributed by atoms with Crippen LogP contribution in [0.1, 0.15) is 11.3 Å². The first-order valence-electron chi connectivity index (χ1n) is 6.14. The lowest BCUT2D eigenvalue weighted by Crippen LogP contribution is -2.15. The second-order valence-corrected chi connectivity index (χ2v) is 4.73. The van der Waals surface area contributed by atoms with Gasteiger partial charge in [-0.15, -0.1) is 0 Å². The molecule has 0 spiro atoms. The Bertz CT molecular complexity index is 629. The number of hydrogen-bond acceptors (Lipinski definition) is 3. The normalized spacial score (nSPS) is 10.2. The van der Waals surface area contributed by atoms with Crippen molar-refractivity contribution >= 4 is 23.2 Å². The smallest absolute Gasteiger partial charge is 0.228 e. The quantitative estimate of drug-likeness (QED) is 0.880. The molecule has 1 aromatic heterocycles. The van der Waals surface area contributed by atoms with Gasteiger partial charge in [-0.3, -0.25) is 4.79 Å². The average molecular weight is 291 g/mol. The van der Waals surface area contributed by atoms with Gasteiger partial charge in [0.15, 0.2) is 0 Å². The number of amides is 1. The molecular weight excluding hydrogens is 276 g/mol. The Labute approximate surface area is 122 Å². The van der Waals surface area contributed by atoms with Crippen LogP contribution in [0.4, 0.5) is 5.69 Å². The Morgan fingerprint density at radius 3 is 2.85 bits per heavy atom. The van der Waals surface area contributed by atoms with Crippen molar-refractivity contribution in [3.8, 4) is 5.75 Å². The Morgan fingerprint density at radius 1 is 1.35 bits per heavy atom. The van der Waals surface area contributed by atoms with Crippen LogP contribution in [0.15, 0.2) is 36.4 Å². The third-order valence-corrected chi connectivity index (χ3v) is 3.04. The van der Waals surface area contributed by atoms with E-state index in [2.05, 4.69) is 10.3 Å². The van der Waals surface area contributed by atoms with Crippen LogP contribution < -0.4 is 10.1 Å². The highest BCUT2D eigenvalue weighted by atomic mass is 35.5. The van der Waals surface area contributed by atoms with E-state index in [4.69, 9.17) is 16.3 Å². The number of aryl methyl sites for hydroxylation is 1. The van der Waals surface area contributed by atoms with Crippen molar-refractivity contribution in [2.45, 2.75) is 13.3 Å². The summed E-state index contributed by atoms with van der Waals surface area (Å²) in [6, 6.07) is 10.8. The number of aromatic nitrogens is 1. The van der Waals surface area contributed by atoms with Crippen molar-refractivity contribution < 1.29 is 9.53 Å². The lowest BCUT2D eigenvalue weighted by molar-refractivity contribution is -0.115. The molecule has 20 heavy (non-hydrogen) atoms. The molecule has 1 amide bonds. The average Bonchev–Trinajstić information content (AvgIpc) is 2.42. The molecule has 2 aromatic rings. The second kappa shape index (κ2) is 6.39. The zero-order valence-electron chi connectivity index (χ0n) is 11.3. The third kappa shape index (κ3) is 3.71. The Morgan fingerprint density at radius 2 is 2.15 bits per heavy atom. The van der Waals surface area contributed by atoms with E-state index in [0.717, 1.165) is 11.3 Å². The Hall–Kier alpha value is -2.07. The van der Waals surface area contributed by atoms with Crippen molar-refractivity contribution in [1.82, 2.24) is 4.98 Å². The highest BCUT2D eigenvalue weighted by Crippen LogP contribution is 2.17. The van der Waals surface area contributed by atoms with Gasteiger partial charge in [-0.25, -0.2) is 4.98 Å². The monoisotopic (exact) mass is 290 g/mol. The Balaban J connectivity index is 2.05. The summed E-state index contributed by atoms with van der Waals surface area (Å²) in [6.45, 7) is 1.80. The number of nitrogens with zero attached hydrogens (tertiary/aromatic N) is 1. The number of anilines is 1. The van der Waals surface area contributed by atoms with Crippen LogP contribution in [0.25, 0.3) is 0 Å². The molecule has 2 rings (SSSR count). The fraction of sp³-hybridized carbons (Fsp3) is 0.200. The molecule has 0 atom stereocenters. The molecule has 1 heterocycles. The van der Waals surface area contributed by atoms with Gasteiger partial charge in [0.1, 0.15) is 10.9 Å². The largest absolute Gasteiger partial charge is 0.497 e. The molecule has 5 heteroatoms. The number of carbonyl (C=O) groups is 1. The molecular formula is C15H15ClN2O2. The van der Waals surface area contributed by atoms with Gasteiger partial charge in [0.2, 0.25) is 5.91 Å². The first-order chi connectivity index (χ1) is 9.58. The third-order valence-electron chi connectivity index (χ3n) is 2.82. The molecule has 0 aliphatic heterocycles. The summed E-state index contributed by atoms with van der Waals surface area (Å²) >= 11 is 5.78. The number of hydrogen-bond donors (Lipinski definition) is 1. The van der Waals surface area contributed by atoms with Crippen LogP contribution in [0.5, 0.6) is 5.75 Å². The molecule has 0 aliphatic carbocycles. The van der Waals surface area contributed by atoms with Gasteiger partial charge in [-0.2, -0.15) is 0 Å². The zero-order chi connectivity index (χ0) is 14.5. The molecule has 0 radical (unpaired) electrons. The molecule has 0 aliphatic rings. The second-order valence-electron chi connectivity index (χ2n) is 4.34. The van der Waals surface area contributed by atoms with E-state index in [1.165, 1.54) is 0 Å². The molecule has 0 fully saturated rings. The fourth-order valence-corrected chi connectivity index (χ4v) is 2.01. The summed E-state index contributed by atoms with van der Waals surface area (Å²) in [6.07, 6.45) is 0.277.